The molecule has 1 unspecified atom stereocenters. The van der Waals surface area contributed by atoms with Crippen LogP contribution < -0.4 is 5.32 Å². The van der Waals surface area contributed by atoms with Gasteiger partial charge in [0.2, 0.25) is 5.91 Å². The average Bonchev–Trinajstić information content (AvgIpc) is 2.44. The molecule has 1 aromatic rings. The molecule has 0 aromatic heterocycles. The van der Waals surface area contributed by atoms with Crippen molar-refractivity contribution < 1.29 is 15.0 Å². The molecule has 1 aromatic carbocycles. The number of carbonyl (C=O) groups is 1. The van der Waals surface area contributed by atoms with Crippen LogP contribution in [0.1, 0.15) is 38.3 Å². The summed E-state index contributed by atoms with van der Waals surface area (Å²) in [6, 6.07) is 4.90. The van der Waals surface area contributed by atoms with E-state index in [1.54, 1.807) is 19.1 Å². The normalized spacial score (nSPS) is 18.4. The molecule has 0 radical (unpaired) electrons. The second-order valence-electron chi connectivity index (χ2n) is 5.88. The van der Waals surface area contributed by atoms with E-state index in [4.69, 9.17) is 0 Å². The van der Waals surface area contributed by atoms with Gasteiger partial charge in [-0.1, -0.05) is 0 Å². The van der Waals surface area contributed by atoms with Gasteiger partial charge >= 0.3 is 0 Å². The van der Waals surface area contributed by atoms with E-state index in [0.29, 0.717) is 5.92 Å². The van der Waals surface area contributed by atoms with Gasteiger partial charge in [0.1, 0.15) is 11.5 Å². The number of nitrogens with zero attached hydrogens (tertiary/aromatic N) is 1. The maximum atomic E-state index is 10.9. The lowest BCUT2D eigenvalue weighted by Crippen LogP contribution is -2.39. The van der Waals surface area contributed by atoms with Crippen LogP contribution in [0.5, 0.6) is 11.5 Å². The minimum absolute atomic E-state index is 0.0287. The Bertz CT molecular complexity index is 476. The maximum absolute atomic E-state index is 10.9. The van der Waals surface area contributed by atoms with Gasteiger partial charge in [-0.15, -0.1) is 0 Å². The van der Waals surface area contributed by atoms with Gasteiger partial charge in [0, 0.05) is 25.6 Å². The van der Waals surface area contributed by atoms with E-state index in [0.717, 1.165) is 38.0 Å². The van der Waals surface area contributed by atoms with Gasteiger partial charge in [0.25, 0.3) is 0 Å². The Kier molecular flexibility index (Phi) is 5.07. The van der Waals surface area contributed by atoms with Gasteiger partial charge in [-0.25, -0.2) is 0 Å². The van der Waals surface area contributed by atoms with Crippen molar-refractivity contribution in [1.29, 1.82) is 0 Å². The van der Waals surface area contributed by atoms with Crippen molar-refractivity contribution in [3.63, 3.8) is 0 Å². The lowest BCUT2D eigenvalue weighted by atomic mass is 9.94. The number of amides is 1. The van der Waals surface area contributed by atoms with E-state index in [-0.39, 0.29) is 23.4 Å². The molecular weight excluding hydrogens is 268 g/mol. The number of hydrogen-bond donors (Lipinski definition) is 3. The Labute approximate surface area is 125 Å². The van der Waals surface area contributed by atoms with E-state index in [2.05, 4.69) is 17.1 Å². The first-order valence-corrected chi connectivity index (χ1v) is 7.47. The fourth-order valence-electron chi connectivity index (χ4n) is 2.90. The minimum atomic E-state index is 0.0287. The van der Waals surface area contributed by atoms with Crippen LogP contribution in [0.15, 0.2) is 18.2 Å². The molecule has 2 rings (SSSR count). The highest BCUT2D eigenvalue weighted by Crippen LogP contribution is 2.30. The Hall–Kier alpha value is -1.75. The van der Waals surface area contributed by atoms with Crippen molar-refractivity contribution in [3.05, 3.63) is 23.8 Å². The van der Waals surface area contributed by atoms with Gasteiger partial charge in [-0.3, -0.25) is 9.69 Å². The first-order chi connectivity index (χ1) is 9.95. The zero-order chi connectivity index (χ0) is 15.4. The van der Waals surface area contributed by atoms with Crippen molar-refractivity contribution in [3.8, 4) is 11.5 Å². The first-order valence-electron chi connectivity index (χ1n) is 7.47. The summed E-state index contributed by atoms with van der Waals surface area (Å²) in [5.41, 5.74) is 0.924. The summed E-state index contributed by atoms with van der Waals surface area (Å²) in [4.78, 5) is 13.3. The highest BCUT2D eigenvalue weighted by Gasteiger charge is 2.24. The van der Waals surface area contributed by atoms with Crippen LogP contribution in [-0.2, 0) is 4.79 Å². The molecule has 21 heavy (non-hydrogen) atoms. The van der Waals surface area contributed by atoms with Crippen LogP contribution in [0.3, 0.4) is 0 Å². The minimum Gasteiger partial charge on any atom is -0.508 e. The lowest BCUT2D eigenvalue weighted by Gasteiger charge is -2.36. The molecular formula is C16H24N2O3. The molecule has 0 spiro atoms. The Morgan fingerprint density at radius 1 is 1.29 bits per heavy atom. The quantitative estimate of drug-likeness (QED) is 0.793. The molecule has 1 atom stereocenters. The summed E-state index contributed by atoms with van der Waals surface area (Å²) >= 11 is 0. The molecule has 1 aliphatic rings. The number of carbonyl (C=O) groups excluding carboxylic acids is 1. The van der Waals surface area contributed by atoms with Crippen molar-refractivity contribution in [2.75, 3.05) is 19.6 Å². The summed E-state index contributed by atoms with van der Waals surface area (Å²) in [5, 5.41) is 22.1. The summed E-state index contributed by atoms with van der Waals surface area (Å²) in [6.45, 7) is 6.31. The molecule has 5 heteroatoms. The Morgan fingerprint density at radius 2 is 1.86 bits per heavy atom. The zero-order valence-corrected chi connectivity index (χ0v) is 12.7. The van der Waals surface area contributed by atoms with E-state index in [1.807, 2.05) is 0 Å². The third-order valence-electron chi connectivity index (χ3n) is 4.24. The number of aromatic hydroxyl groups is 2. The number of piperidine rings is 1. The van der Waals surface area contributed by atoms with Crippen molar-refractivity contribution >= 4 is 5.91 Å². The summed E-state index contributed by atoms with van der Waals surface area (Å²) < 4.78 is 0. The fraction of sp³-hybridized carbons (Fsp3) is 0.562. The molecule has 0 saturated carbocycles. The van der Waals surface area contributed by atoms with E-state index >= 15 is 0 Å². The van der Waals surface area contributed by atoms with Crippen LogP contribution >= 0.6 is 0 Å². The highest BCUT2D eigenvalue weighted by molar-refractivity contribution is 5.72. The number of phenolic OH excluding ortho intramolecular Hbond substituents is 2. The molecule has 1 amide bonds. The predicted octanol–water partition coefficient (Wildman–Crippen LogP) is 2.01. The number of rotatable bonds is 4. The Morgan fingerprint density at radius 3 is 2.38 bits per heavy atom. The van der Waals surface area contributed by atoms with Crippen LogP contribution in [0.25, 0.3) is 0 Å². The summed E-state index contributed by atoms with van der Waals surface area (Å²) in [7, 11) is 0. The van der Waals surface area contributed by atoms with Gasteiger partial charge in [0.05, 0.1) is 0 Å². The maximum Gasteiger partial charge on any atom is 0.216 e. The Balaban J connectivity index is 1.90. The molecule has 0 bridgehead atoms. The highest BCUT2D eigenvalue weighted by atomic mass is 16.3. The van der Waals surface area contributed by atoms with Crippen molar-refractivity contribution in [2.45, 2.75) is 32.7 Å². The van der Waals surface area contributed by atoms with Crippen LogP contribution in [0, 0.1) is 5.92 Å². The molecule has 1 heterocycles. The van der Waals surface area contributed by atoms with Crippen LogP contribution in [-0.4, -0.2) is 40.7 Å². The molecule has 1 saturated heterocycles. The van der Waals surface area contributed by atoms with Gasteiger partial charge < -0.3 is 15.5 Å². The third-order valence-corrected chi connectivity index (χ3v) is 4.24. The standard InChI is InChI=1S/C16H24N2O3/c1-11(14-7-15(20)9-16(21)8-14)18-5-3-13(4-6-18)10-17-12(2)19/h7-9,11,13,20-21H,3-6,10H2,1-2H3,(H,17,19). The summed E-state index contributed by atoms with van der Waals surface area (Å²) in [6.07, 6.45) is 2.10. The fourth-order valence-corrected chi connectivity index (χ4v) is 2.90. The van der Waals surface area contributed by atoms with Gasteiger partial charge in [0.15, 0.2) is 0 Å². The molecule has 5 nitrogen and oxygen atoms in total. The molecule has 116 valence electrons. The second kappa shape index (κ2) is 6.80. The average molecular weight is 292 g/mol. The molecule has 3 N–H and O–H groups in total. The van der Waals surface area contributed by atoms with Gasteiger partial charge in [-0.05, 0) is 56.5 Å². The van der Waals surface area contributed by atoms with E-state index < -0.39 is 0 Å². The number of nitrogens with one attached hydrogen (secondary N) is 1. The third kappa shape index (κ3) is 4.36. The summed E-state index contributed by atoms with van der Waals surface area (Å²) in [5.74, 6) is 0.755. The number of hydrogen-bond acceptors (Lipinski definition) is 4. The number of phenols is 2. The second-order valence-corrected chi connectivity index (χ2v) is 5.88. The van der Waals surface area contributed by atoms with E-state index in [1.165, 1.54) is 6.07 Å². The lowest BCUT2D eigenvalue weighted by molar-refractivity contribution is -0.119. The largest absolute Gasteiger partial charge is 0.508 e. The van der Waals surface area contributed by atoms with E-state index in [9.17, 15) is 15.0 Å². The van der Waals surface area contributed by atoms with Crippen molar-refractivity contribution in [2.24, 2.45) is 5.92 Å². The van der Waals surface area contributed by atoms with Crippen molar-refractivity contribution in [1.82, 2.24) is 10.2 Å². The topological polar surface area (TPSA) is 72.8 Å². The molecule has 1 aliphatic heterocycles. The predicted molar refractivity (Wildman–Crippen MR) is 81.2 cm³/mol. The van der Waals surface area contributed by atoms with Crippen LogP contribution in [0.4, 0.5) is 0 Å². The van der Waals surface area contributed by atoms with Gasteiger partial charge in [-0.2, -0.15) is 0 Å². The monoisotopic (exact) mass is 292 g/mol. The molecule has 0 aliphatic carbocycles. The SMILES string of the molecule is CC(=O)NCC1CCN(C(C)c2cc(O)cc(O)c2)CC1. The van der Waals surface area contributed by atoms with Crippen LogP contribution in [0.2, 0.25) is 0 Å². The number of benzene rings is 1. The number of likely N-dealkylation sites (tertiary alicyclic amines) is 1. The molecule has 1 fully saturated rings. The smallest absolute Gasteiger partial charge is 0.216 e. The zero-order valence-electron chi connectivity index (χ0n) is 12.7. The first kappa shape index (κ1) is 15.6.